The van der Waals surface area contributed by atoms with E-state index in [-0.39, 0.29) is 24.2 Å². The summed E-state index contributed by atoms with van der Waals surface area (Å²) in [5.41, 5.74) is 1.23. The van der Waals surface area contributed by atoms with E-state index in [2.05, 4.69) is 10.3 Å². The van der Waals surface area contributed by atoms with Gasteiger partial charge in [-0.15, -0.1) is 23.7 Å². The second kappa shape index (κ2) is 6.71. The van der Waals surface area contributed by atoms with E-state index in [1.54, 1.807) is 11.3 Å². The van der Waals surface area contributed by atoms with E-state index in [4.69, 9.17) is 0 Å². The van der Waals surface area contributed by atoms with E-state index in [0.717, 1.165) is 30.8 Å². The molecule has 0 bridgehead atoms. The van der Waals surface area contributed by atoms with Crippen molar-refractivity contribution in [2.24, 2.45) is 5.92 Å². The molecule has 106 valence electrons. The Morgan fingerprint density at radius 3 is 2.58 bits per heavy atom. The van der Waals surface area contributed by atoms with E-state index >= 15 is 0 Å². The number of thiazole rings is 1. The summed E-state index contributed by atoms with van der Waals surface area (Å²) in [6.45, 7) is 0. The number of halogens is 1. The van der Waals surface area contributed by atoms with Crippen LogP contribution in [0.15, 0.2) is 0 Å². The topological polar surface area (TPSA) is 42.0 Å². The molecule has 2 aliphatic carbocycles. The van der Waals surface area contributed by atoms with Gasteiger partial charge < -0.3 is 5.32 Å². The molecule has 0 atom stereocenters. The van der Waals surface area contributed by atoms with Gasteiger partial charge in [0.25, 0.3) is 0 Å². The molecule has 1 saturated carbocycles. The minimum Gasteiger partial charge on any atom is -0.302 e. The first-order valence-electron chi connectivity index (χ1n) is 7.12. The van der Waals surface area contributed by atoms with Crippen LogP contribution in [0.2, 0.25) is 0 Å². The first-order chi connectivity index (χ1) is 8.83. The number of hydrogen-bond acceptors (Lipinski definition) is 3. The van der Waals surface area contributed by atoms with Gasteiger partial charge in [-0.2, -0.15) is 0 Å². The molecule has 2 aliphatic rings. The standard InChI is InChI=1S/C14H20N2OS.ClH/c17-13(10-6-2-1-3-7-10)16-14-15-11-8-4-5-9-12(11)18-14;/h10H,1-9H2,(H,15,16,17);1H. The third-order valence-corrected chi connectivity index (χ3v) is 5.12. The molecule has 0 aromatic carbocycles. The van der Waals surface area contributed by atoms with Gasteiger partial charge in [-0.3, -0.25) is 4.79 Å². The lowest BCUT2D eigenvalue weighted by Crippen LogP contribution is -2.24. The Balaban J connectivity index is 0.00000133. The predicted molar refractivity (Wildman–Crippen MR) is 81.2 cm³/mol. The van der Waals surface area contributed by atoms with Crippen molar-refractivity contribution in [3.63, 3.8) is 0 Å². The summed E-state index contributed by atoms with van der Waals surface area (Å²) in [4.78, 5) is 18.1. The summed E-state index contributed by atoms with van der Waals surface area (Å²) in [7, 11) is 0. The Hall–Kier alpha value is -0.610. The molecule has 1 fully saturated rings. The molecule has 3 nitrogen and oxygen atoms in total. The highest BCUT2D eigenvalue weighted by Gasteiger charge is 2.23. The van der Waals surface area contributed by atoms with Crippen molar-refractivity contribution in [2.75, 3.05) is 5.32 Å². The summed E-state index contributed by atoms with van der Waals surface area (Å²) in [6, 6.07) is 0. The van der Waals surface area contributed by atoms with Crippen LogP contribution in [-0.4, -0.2) is 10.9 Å². The van der Waals surface area contributed by atoms with Crippen LogP contribution in [0.3, 0.4) is 0 Å². The highest BCUT2D eigenvalue weighted by Crippen LogP contribution is 2.31. The van der Waals surface area contributed by atoms with Crippen molar-refractivity contribution in [1.82, 2.24) is 4.98 Å². The van der Waals surface area contributed by atoms with Crippen LogP contribution in [0, 0.1) is 5.92 Å². The summed E-state index contributed by atoms with van der Waals surface area (Å²) < 4.78 is 0. The fourth-order valence-electron chi connectivity index (χ4n) is 2.98. The third kappa shape index (κ3) is 3.48. The van der Waals surface area contributed by atoms with E-state index < -0.39 is 0 Å². The summed E-state index contributed by atoms with van der Waals surface area (Å²) in [6.07, 6.45) is 10.5. The average molecular weight is 301 g/mol. The Morgan fingerprint density at radius 2 is 1.84 bits per heavy atom. The number of nitrogens with zero attached hydrogens (tertiary/aromatic N) is 1. The second-order valence-electron chi connectivity index (χ2n) is 5.42. The Bertz CT molecular complexity index is 417. The van der Waals surface area contributed by atoms with E-state index in [0.29, 0.717) is 0 Å². The van der Waals surface area contributed by atoms with Crippen molar-refractivity contribution in [3.05, 3.63) is 10.6 Å². The van der Waals surface area contributed by atoms with Gasteiger partial charge in [-0.1, -0.05) is 19.3 Å². The zero-order valence-corrected chi connectivity index (χ0v) is 12.7. The van der Waals surface area contributed by atoms with Gasteiger partial charge in [0.2, 0.25) is 5.91 Å². The van der Waals surface area contributed by atoms with E-state index in [1.165, 1.54) is 42.7 Å². The molecular formula is C14H21ClN2OS. The first-order valence-corrected chi connectivity index (χ1v) is 7.94. The van der Waals surface area contributed by atoms with Crippen LogP contribution < -0.4 is 5.32 Å². The zero-order valence-electron chi connectivity index (χ0n) is 11.1. The van der Waals surface area contributed by atoms with Crippen LogP contribution in [0.5, 0.6) is 0 Å². The molecule has 1 N–H and O–H groups in total. The minimum atomic E-state index is 0. The number of amides is 1. The molecule has 0 saturated heterocycles. The van der Waals surface area contributed by atoms with Crippen LogP contribution in [0.1, 0.15) is 55.5 Å². The van der Waals surface area contributed by atoms with Crippen molar-refractivity contribution in [3.8, 4) is 0 Å². The molecule has 0 spiro atoms. The monoisotopic (exact) mass is 300 g/mol. The zero-order chi connectivity index (χ0) is 12.4. The number of rotatable bonds is 2. The number of aromatic nitrogens is 1. The summed E-state index contributed by atoms with van der Waals surface area (Å²) in [5.74, 6) is 0.417. The largest absolute Gasteiger partial charge is 0.302 e. The lowest BCUT2D eigenvalue weighted by molar-refractivity contribution is -0.120. The average Bonchev–Trinajstić information content (AvgIpc) is 2.82. The van der Waals surface area contributed by atoms with Crippen LogP contribution in [-0.2, 0) is 17.6 Å². The molecule has 0 unspecified atom stereocenters. The molecule has 1 aromatic heterocycles. The van der Waals surface area contributed by atoms with Crippen LogP contribution in [0.25, 0.3) is 0 Å². The van der Waals surface area contributed by atoms with Crippen molar-refractivity contribution in [1.29, 1.82) is 0 Å². The number of fused-ring (bicyclic) bond motifs is 1. The molecule has 3 rings (SSSR count). The van der Waals surface area contributed by atoms with Gasteiger partial charge in [0.15, 0.2) is 5.13 Å². The smallest absolute Gasteiger partial charge is 0.229 e. The normalized spacial score (nSPS) is 19.4. The molecule has 0 radical (unpaired) electrons. The molecule has 1 aromatic rings. The van der Waals surface area contributed by atoms with Crippen LogP contribution >= 0.6 is 23.7 Å². The molecule has 1 amide bonds. The lowest BCUT2D eigenvalue weighted by atomic mass is 9.89. The van der Waals surface area contributed by atoms with Gasteiger partial charge in [0, 0.05) is 10.8 Å². The number of carbonyl (C=O) groups excluding carboxylic acids is 1. The summed E-state index contributed by atoms with van der Waals surface area (Å²) in [5, 5.41) is 3.87. The predicted octanol–water partition coefficient (Wildman–Crippen LogP) is 3.96. The second-order valence-corrected chi connectivity index (χ2v) is 6.50. The van der Waals surface area contributed by atoms with Gasteiger partial charge >= 0.3 is 0 Å². The first kappa shape index (κ1) is 14.8. The lowest BCUT2D eigenvalue weighted by Gasteiger charge is -2.19. The Labute approximate surface area is 124 Å². The van der Waals surface area contributed by atoms with Crippen molar-refractivity contribution in [2.45, 2.75) is 57.8 Å². The SMILES string of the molecule is Cl.O=C(Nc1nc2c(s1)CCCC2)C1CCCCC1. The van der Waals surface area contributed by atoms with Crippen molar-refractivity contribution < 1.29 is 4.79 Å². The highest BCUT2D eigenvalue weighted by molar-refractivity contribution is 7.15. The fourth-order valence-corrected chi connectivity index (χ4v) is 4.03. The molecule has 19 heavy (non-hydrogen) atoms. The highest BCUT2D eigenvalue weighted by atomic mass is 35.5. The maximum absolute atomic E-state index is 12.1. The molecular weight excluding hydrogens is 280 g/mol. The van der Waals surface area contributed by atoms with Gasteiger partial charge in [0.05, 0.1) is 5.69 Å². The third-order valence-electron chi connectivity index (χ3n) is 4.05. The Morgan fingerprint density at radius 1 is 1.11 bits per heavy atom. The number of aryl methyl sites for hydroxylation is 2. The molecule has 0 aliphatic heterocycles. The molecule has 1 heterocycles. The Kier molecular flexibility index (Phi) is 5.22. The van der Waals surface area contributed by atoms with Gasteiger partial charge in [-0.25, -0.2) is 4.98 Å². The number of nitrogens with one attached hydrogen (secondary N) is 1. The van der Waals surface area contributed by atoms with Crippen LogP contribution in [0.4, 0.5) is 5.13 Å². The summed E-state index contributed by atoms with van der Waals surface area (Å²) >= 11 is 1.68. The van der Waals surface area contributed by atoms with E-state index in [1.807, 2.05) is 0 Å². The maximum Gasteiger partial charge on any atom is 0.229 e. The fraction of sp³-hybridized carbons (Fsp3) is 0.714. The number of carbonyl (C=O) groups is 1. The minimum absolute atomic E-state index is 0. The number of hydrogen-bond donors (Lipinski definition) is 1. The maximum atomic E-state index is 12.1. The van der Waals surface area contributed by atoms with Gasteiger partial charge in [-0.05, 0) is 38.5 Å². The van der Waals surface area contributed by atoms with E-state index in [9.17, 15) is 4.79 Å². The molecule has 5 heteroatoms. The quantitative estimate of drug-likeness (QED) is 0.898. The van der Waals surface area contributed by atoms with Gasteiger partial charge in [0.1, 0.15) is 0 Å². The van der Waals surface area contributed by atoms with Crippen molar-refractivity contribution >= 4 is 34.8 Å². The number of anilines is 1.